The summed E-state index contributed by atoms with van der Waals surface area (Å²) in [4.78, 5) is 71.2. The highest BCUT2D eigenvalue weighted by Crippen LogP contribution is 2.47. The van der Waals surface area contributed by atoms with Crippen molar-refractivity contribution in [1.29, 1.82) is 0 Å². The summed E-state index contributed by atoms with van der Waals surface area (Å²) in [5.41, 5.74) is 6.09. The summed E-state index contributed by atoms with van der Waals surface area (Å²) < 4.78 is 33.7. The smallest absolute Gasteiger partial charge is 0.407 e. The number of carbonyl (C=O) groups is 4. The lowest BCUT2D eigenvalue weighted by Gasteiger charge is -2.31. The second kappa shape index (κ2) is 15.2. The van der Waals surface area contributed by atoms with Gasteiger partial charge in [-0.25, -0.2) is 19.0 Å². The molecular formula is C47H44FN5O9. The number of halogens is 1. The lowest BCUT2D eigenvalue weighted by atomic mass is 9.81. The summed E-state index contributed by atoms with van der Waals surface area (Å²) in [5.74, 6) is -2.36. The number of amides is 3. The summed E-state index contributed by atoms with van der Waals surface area (Å²) in [6.07, 6.45) is 0.780. The number of benzene rings is 3. The Morgan fingerprint density at radius 3 is 2.44 bits per heavy atom. The maximum Gasteiger partial charge on any atom is 0.407 e. The second-order valence-electron chi connectivity index (χ2n) is 16.8. The number of nitrogens with one attached hydrogen (secondary N) is 3. The van der Waals surface area contributed by atoms with Crippen LogP contribution in [0.5, 0.6) is 0 Å². The van der Waals surface area contributed by atoms with E-state index >= 15 is 4.39 Å². The first kappa shape index (κ1) is 39.7. The number of fused-ring (bicyclic) bond motifs is 8. The number of nitrogens with zero attached hydrogens (tertiary/aromatic N) is 2. The van der Waals surface area contributed by atoms with Gasteiger partial charge >= 0.3 is 12.1 Å². The molecule has 3 aliphatic carbocycles. The molecule has 14 nitrogen and oxygen atoms in total. The molecule has 1 unspecified atom stereocenters. The molecule has 1 fully saturated rings. The van der Waals surface area contributed by atoms with Crippen molar-refractivity contribution in [2.75, 3.05) is 19.9 Å². The van der Waals surface area contributed by atoms with Crippen LogP contribution >= 0.6 is 0 Å². The number of rotatable bonds is 11. The number of carbonyl (C=O) groups excluding carboxylic acids is 4. The Bertz CT molecular complexity index is 2770. The Morgan fingerprint density at radius 1 is 1.00 bits per heavy atom. The van der Waals surface area contributed by atoms with Gasteiger partial charge in [0.15, 0.2) is 5.60 Å². The fourth-order valence-corrected chi connectivity index (χ4v) is 9.85. The molecule has 0 saturated heterocycles. The molecule has 0 bridgehead atoms. The molecule has 1 saturated carbocycles. The highest BCUT2D eigenvalue weighted by molar-refractivity contribution is 5.94. The fourth-order valence-electron chi connectivity index (χ4n) is 9.85. The molecule has 2 aromatic heterocycles. The zero-order chi connectivity index (χ0) is 43.0. The van der Waals surface area contributed by atoms with Crippen LogP contribution in [0.3, 0.4) is 0 Å². The van der Waals surface area contributed by atoms with E-state index in [0.29, 0.717) is 46.3 Å². The molecule has 3 amide bonds. The minimum absolute atomic E-state index is 0.0148. The molecule has 4 N–H and O–H groups in total. The van der Waals surface area contributed by atoms with E-state index in [1.807, 2.05) is 48.5 Å². The SMILES string of the molecule is CC[C@@]1(O)C(=O)OCc2c1cc1n(c2=O)Cc2c-1nc1cc(F)c(C)c3c1c2[C@@H](NC(=O)C(OCNC(=O)CNC(=O)OCC1c2ccccc2-c2ccccc21)C1CC1)CC3. The summed E-state index contributed by atoms with van der Waals surface area (Å²) in [6.45, 7) is 2.64. The van der Waals surface area contributed by atoms with E-state index in [4.69, 9.17) is 19.2 Å². The van der Waals surface area contributed by atoms with Crippen LogP contribution in [0.15, 0.2) is 65.5 Å². The number of cyclic esters (lactones) is 1. The standard InChI is InChI=1S/C47H44FN5O9/c1-3-47(59)33-16-37-41-30(19-53(37)44(56)32(33)21-60-45(47)57)40-35(15-14-25-23(2)34(48)17-36(51-41)39(25)40)52-43(55)42(24-12-13-24)62-22-50-38(54)18-49-46(58)61-20-31-28-10-6-4-8-26(28)27-9-5-7-11-29(27)31/h4-11,16-17,24,31,35,42,59H,3,12-15,18-22H2,1-2H3,(H,49,58)(H,50,54)(H,52,55)/t35-,42?,47-/m0/s1. The number of esters is 1. The number of hydrogen-bond acceptors (Lipinski definition) is 10. The topological polar surface area (TPSA) is 187 Å². The van der Waals surface area contributed by atoms with Gasteiger partial charge in [0.1, 0.15) is 38.4 Å². The van der Waals surface area contributed by atoms with E-state index in [9.17, 15) is 29.1 Å². The van der Waals surface area contributed by atoms with Gasteiger partial charge in [0, 0.05) is 28.5 Å². The molecule has 0 spiro atoms. The minimum atomic E-state index is -2.01. The Labute approximate surface area is 354 Å². The summed E-state index contributed by atoms with van der Waals surface area (Å²) >= 11 is 0. The average molecular weight is 842 g/mol. The van der Waals surface area contributed by atoms with Crippen molar-refractivity contribution in [2.45, 2.75) is 82.8 Å². The molecule has 318 valence electrons. The lowest BCUT2D eigenvalue weighted by Crippen LogP contribution is -2.44. The number of alkyl carbamates (subject to hydrolysis) is 1. The maximum atomic E-state index is 15.4. The first-order valence-electron chi connectivity index (χ1n) is 21.1. The largest absolute Gasteiger partial charge is 0.458 e. The highest BCUT2D eigenvalue weighted by Gasteiger charge is 2.46. The highest BCUT2D eigenvalue weighted by atomic mass is 19.1. The number of hydrogen-bond donors (Lipinski definition) is 4. The van der Waals surface area contributed by atoms with Gasteiger partial charge in [0.05, 0.1) is 35.1 Å². The zero-order valence-electron chi connectivity index (χ0n) is 34.1. The summed E-state index contributed by atoms with van der Waals surface area (Å²) in [6, 6.07) is 18.4. The first-order chi connectivity index (χ1) is 30.0. The third-order valence-electron chi connectivity index (χ3n) is 13.3. The summed E-state index contributed by atoms with van der Waals surface area (Å²) in [5, 5.41) is 20.4. The van der Waals surface area contributed by atoms with Gasteiger partial charge in [0.25, 0.3) is 5.56 Å². The molecule has 3 aromatic carbocycles. The van der Waals surface area contributed by atoms with E-state index in [1.54, 1.807) is 19.9 Å². The molecule has 0 radical (unpaired) electrons. The second-order valence-corrected chi connectivity index (χ2v) is 16.8. The van der Waals surface area contributed by atoms with Gasteiger partial charge in [-0.3, -0.25) is 14.4 Å². The molecule has 3 atom stereocenters. The van der Waals surface area contributed by atoms with Crippen molar-refractivity contribution in [2.24, 2.45) is 5.92 Å². The molecule has 62 heavy (non-hydrogen) atoms. The van der Waals surface area contributed by atoms with Gasteiger partial charge in [-0.05, 0) is 90.0 Å². The van der Waals surface area contributed by atoms with E-state index in [-0.39, 0.29) is 68.3 Å². The van der Waals surface area contributed by atoms with Crippen LogP contribution in [0.25, 0.3) is 33.4 Å². The predicted molar refractivity (Wildman–Crippen MR) is 222 cm³/mol. The quantitative estimate of drug-likeness (QED) is 0.102. The number of ether oxygens (including phenoxy) is 3. The molecule has 5 aliphatic rings. The normalized spacial score (nSPS) is 19.7. The van der Waals surface area contributed by atoms with Crippen LogP contribution in [0.1, 0.15) is 89.1 Å². The Kier molecular flexibility index (Phi) is 9.71. The predicted octanol–water partition coefficient (Wildman–Crippen LogP) is 5.04. The van der Waals surface area contributed by atoms with E-state index < -0.39 is 47.1 Å². The van der Waals surface area contributed by atoms with Crippen LogP contribution in [-0.4, -0.2) is 64.5 Å². The Hall–Kier alpha value is -6.45. The Morgan fingerprint density at radius 2 is 1.73 bits per heavy atom. The van der Waals surface area contributed by atoms with Crippen molar-refractivity contribution in [3.8, 4) is 22.5 Å². The Balaban J connectivity index is 0.824. The molecule has 4 heterocycles. The van der Waals surface area contributed by atoms with Crippen molar-refractivity contribution in [3.63, 3.8) is 0 Å². The van der Waals surface area contributed by atoms with Crippen LogP contribution in [0.2, 0.25) is 0 Å². The average Bonchev–Trinajstić information content (AvgIpc) is 3.98. The van der Waals surface area contributed by atoms with Gasteiger partial charge in [-0.2, -0.15) is 0 Å². The number of aryl methyl sites for hydroxylation is 1. The third-order valence-corrected chi connectivity index (χ3v) is 13.3. The van der Waals surface area contributed by atoms with E-state index in [0.717, 1.165) is 46.2 Å². The van der Waals surface area contributed by atoms with Crippen molar-refractivity contribution >= 4 is 34.8 Å². The van der Waals surface area contributed by atoms with Crippen LogP contribution in [0, 0.1) is 18.7 Å². The number of pyridine rings is 2. The van der Waals surface area contributed by atoms with Gasteiger partial charge < -0.3 is 39.8 Å². The number of aliphatic hydroxyl groups is 1. The lowest BCUT2D eigenvalue weighted by molar-refractivity contribution is -0.172. The molecular weight excluding hydrogens is 798 g/mol. The van der Waals surface area contributed by atoms with Gasteiger partial charge in [-0.1, -0.05) is 55.5 Å². The minimum Gasteiger partial charge on any atom is -0.458 e. The molecule has 10 rings (SSSR count). The fraction of sp³-hybridized carbons (Fsp3) is 0.362. The third kappa shape index (κ3) is 6.44. The van der Waals surface area contributed by atoms with Crippen LogP contribution in [-0.2, 0) is 53.8 Å². The monoisotopic (exact) mass is 841 g/mol. The molecule has 5 aromatic rings. The van der Waals surface area contributed by atoms with E-state index in [1.165, 1.54) is 10.6 Å². The molecule has 15 heteroatoms. The van der Waals surface area contributed by atoms with Crippen molar-refractivity contribution < 1.29 is 42.9 Å². The van der Waals surface area contributed by atoms with Crippen LogP contribution < -0.4 is 21.5 Å². The van der Waals surface area contributed by atoms with Crippen molar-refractivity contribution in [1.82, 2.24) is 25.5 Å². The summed E-state index contributed by atoms with van der Waals surface area (Å²) in [7, 11) is 0. The van der Waals surface area contributed by atoms with Crippen LogP contribution in [0.4, 0.5) is 9.18 Å². The van der Waals surface area contributed by atoms with E-state index in [2.05, 4.69) is 16.0 Å². The van der Waals surface area contributed by atoms with Gasteiger partial charge in [-0.15, -0.1) is 0 Å². The number of aromatic nitrogens is 2. The first-order valence-corrected chi connectivity index (χ1v) is 21.1. The maximum absolute atomic E-state index is 15.4. The van der Waals surface area contributed by atoms with Crippen molar-refractivity contribution in [3.05, 3.63) is 121 Å². The zero-order valence-corrected chi connectivity index (χ0v) is 34.1. The molecule has 2 aliphatic heterocycles. The van der Waals surface area contributed by atoms with Gasteiger partial charge in [0.2, 0.25) is 11.8 Å².